The Morgan fingerprint density at radius 1 is 1.15 bits per heavy atom. The van der Waals surface area contributed by atoms with Gasteiger partial charge in [-0.15, -0.1) is 0 Å². The molecule has 0 fully saturated rings. The number of hydrogen-bond donors (Lipinski definition) is 2. The van der Waals surface area contributed by atoms with E-state index in [1.54, 1.807) is 6.92 Å². The van der Waals surface area contributed by atoms with Crippen LogP contribution in [-0.4, -0.2) is 17.9 Å². The van der Waals surface area contributed by atoms with Crippen molar-refractivity contribution in [1.82, 2.24) is 5.32 Å². The van der Waals surface area contributed by atoms with Crippen LogP contribution < -0.4 is 5.32 Å². The van der Waals surface area contributed by atoms with Crippen LogP contribution in [0.3, 0.4) is 0 Å². The standard InChI is InChI=1S/C11H25NO/c1-4-5-6-7-8-10(2)9-12-11(3)13/h10-13H,4-9H2,1-3H3. The summed E-state index contributed by atoms with van der Waals surface area (Å²) in [6.07, 6.45) is 6.26. The van der Waals surface area contributed by atoms with Gasteiger partial charge in [0.2, 0.25) is 0 Å². The number of aliphatic hydroxyl groups is 1. The Bertz CT molecular complexity index is 104. The minimum atomic E-state index is -0.363. The van der Waals surface area contributed by atoms with Crippen molar-refractivity contribution in [3.05, 3.63) is 0 Å². The molecule has 2 nitrogen and oxygen atoms in total. The fourth-order valence-corrected chi connectivity index (χ4v) is 1.39. The van der Waals surface area contributed by atoms with Crippen molar-refractivity contribution in [1.29, 1.82) is 0 Å². The summed E-state index contributed by atoms with van der Waals surface area (Å²) in [6.45, 7) is 7.17. The van der Waals surface area contributed by atoms with Gasteiger partial charge in [-0.1, -0.05) is 39.5 Å². The normalized spacial score (nSPS) is 15.7. The summed E-state index contributed by atoms with van der Waals surface area (Å²) in [5.74, 6) is 0.687. The Hall–Kier alpha value is -0.0800. The van der Waals surface area contributed by atoms with Crippen molar-refractivity contribution >= 4 is 0 Å². The van der Waals surface area contributed by atoms with Crippen LogP contribution in [0.4, 0.5) is 0 Å². The van der Waals surface area contributed by atoms with Crippen LogP contribution in [0.15, 0.2) is 0 Å². The van der Waals surface area contributed by atoms with E-state index in [4.69, 9.17) is 5.11 Å². The van der Waals surface area contributed by atoms with Gasteiger partial charge in [0.25, 0.3) is 0 Å². The first-order chi connectivity index (χ1) is 6.16. The SMILES string of the molecule is CCCCCCC(C)CNC(C)O. The quantitative estimate of drug-likeness (QED) is 0.452. The second-order valence-corrected chi connectivity index (χ2v) is 4.04. The van der Waals surface area contributed by atoms with Crippen LogP contribution in [0.25, 0.3) is 0 Å². The predicted octanol–water partition coefficient (Wildman–Crippen LogP) is 2.52. The summed E-state index contributed by atoms with van der Waals surface area (Å²) < 4.78 is 0. The molecule has 0 radical (unpaired) electrons. The molecular weight excluding hydrogens is 162 g/mol. The lowest BCUT2D eigenvalue weighted by molar-refractivity contribution is 0.150. The molecule has 0 spiro atoms. The first-order valence-corrected chi connectivity index (χ1v) is 5.58. The number of hydrogen-bond acceptors (Lipinski definition) is 2. The number of nitrogens with one attached hydrogen (secondary N) is 1. The molecule has 0 aromatic heterocycles. The molecule has 2 heteroatoms. The number of aliphatic hydroxyl groups excluding tert-OH is 1. The van der Waals surface area contributed by atoms with Gasteiger partial charge in [0.05, 0.1) is 0 Å². The Kier molecular flexibility index (Phi) is 8.46. The molecule has 0 aromatic carbocycles. The highest BCUT2D eigenvalue weighted by molar-refractivity contribution is 4.57. The molecule has 0 aliphatic carbocycles. The molecule has 0 saturated carbocycles. The molecule has 2 N–H and O–H groups in total. The second-order valence-electron chi connectivity index (χ2n) is 4.04. The van der Waals surface area contributed by atoms with Gasteiger partial charge in [0.1, 0.15) is 6.23 Å². The van der Waals surface area contributed by atoms with Crippen molar-refractivity contribution in [2.75, 3.05) is 6.54 Å². The smallest absolute Gasteiger partial charge is 0.102 e. The van der Waals surface area contributed by atoms with E-state index >= 15 is 0 Å². The molecule has 2 atom stereocenters. The third kappa shape index (κ3) is 9.84. The van der Waals surface area contributed by atoms with Crippen LogP contribution in [-0.2, 0) is 0 Å². The molecular formula is C11H25NO. The summed E-state index contributed by atoms with van der Waals surface area (Å²) in [5.41, 5.74) is 0. The van der Waals surface area contributed by atoms with E-state index in [2.05, 4.69) is 19.2 Å². The lowest BCUT2D eigenvalue weighted by atomic mass is 10.0. The van der Waals surface area contributed by atoms with E-state index in [1.165, 1.54) is 32.1 Å². The molecule has 0 rings (SSSR count). The summed E-state index contributed by atoms with van der Waals surface area (Å²) in [4.78, 5) is 0. The van der Waals surface area contributed by atoms with Gasteiger partial charge in [0, 0.05) is 6.54 Å². The Morgan fingerprint density at radius 3 is 2.38 bits per heavy atom. The maximum atomic E-state index is 9.00. The van der Waals surface area contributed by atoms with Crippen molar-refractivity contribution < 1.29 is 5.11 Å². The van der Waals surface area contributed by atoms with Crippen LogP contribution in [0, 0.1) is 5.92 Å². The molecule has 80 valence electrons. The molecule has 13 heavy (non-hydrogen) atoms. The zero-order valence-electron chi connectivity index (χ0n) is 9.34. The van der Waals surface area contributed by atoms with Crippen LogP contribution in [0.1, 0.15) is 52.9 Å². The number of unbranched alkanes of at least 4 members (excludes halogenated alkanes) is 3. The maximum Gasteiger partial charge on any atom is 0.102 e. The summed E-state index contributed by atoms with van der Waals surface area (Å²) in [7, 11) is 0. The molecule has 0 aromatic rings. The van der Waals surface area contributed by atoms with Gasteiger partial charge in [0.15, 0.2) is 0 Å². The van der Waals surface area contributed by atoms with E-state index < -0.39 is 0 Å². The van der Waals surface area contributed by atoms with Crippen molar-refractivity contribution in [3.63, 3.8) is 0 Å². The second kappa shape index (κ2) is 8.52. The summed E-state index contributed by atoms with van der Waals surface area (Å²) >= 11 is 0. The predicted molar refractivity (Wildman–Crippen MR) is 57.6 cm³/mol. The molecule has 2 unspecified atom stereocenters. The lowest BCUT2D eigenvalue weighted by Crippen LogP contribution is -2.29. The Morgan fingerprint density at radius 2 is 1.85 bits per heavy atom. The van der Waals surface area contributed by atoms with Gasteiger partial charge < -0.3 is 5.11 Å². The highest BCUT2D eigenvalue weighted by Crippen LogP contribution is 2.09. The fourth-order valence-electron chi connectivity index (χ4n) is 1.39. The van der Waals surface area contributed by atoms with Crippen LogP contribution in [0.5, 0.6) is 0 Å². The van der Waals surface area contributed by atoms with E-state index in [9.17, 15) is 0 Å². The molecule has 0 bridgehead atoms. The summed E-state index contributed by atoms with van der Waals surface area (Å²) in [5, 5.41) is 12.0. The van der Waals surface area contributed by atoms with E-state index in [-0.39, 0.29) is 6.23 Å². The first kappa shape index (κ1) is 12.9. The van der Waals surface area contributed by atoms with Crippen LogP contribution >= 0.6 is 0 Å². The maximum absolute atomic E-state index is 9.00. The molecule has 0 saturated heterocycles. The Balaban J connectivity index is 3.15. The topological polar surface area (TPSA) is 32.3 Å². The first-order valence-electron chi connectivity index (χ1n) is 5.58. The van der Waals surface area contributed by atoms with Gasteiger partial charge in [-0.05, 0) is 19.3 Å². The van der Waals surface area contributed by atoms with Gasteiger partial charge in [-0.3, -0.25) is 5.32 Å². The van der Waals surface area contributed by atoms with Crippen molar-refractivity contribution in [2.24, 2.45) is 5.92 Å². The van der Waals surface area contributed by atoms with Gasteiger partial charge in [-0.2, -0.15) is 0 Å². The minimum absolute atomic E-state index is 0.363. The average Bonchev–Trinajstić information content (AvgIpc) is 2.09. The minimum Gasteiger partial charge on any atom is -0.379 e. The Labute approximate surface area is 82.7 Å². The number of rotatable bonds is 8. The van der Waals surface area contributed by atoms with Gasteiger partial charge >= 0.3 is 0 Å². The molecule has 0 aliphatic rings. The summed E-state index contributed by atoms with van der Waals surface area (Å²) in [6, 6.07) is 0. The van der Waals surface area contributed by atoms with E-state index in [1.807, 2.05) is 0 Å². The van der Waals surface area contributed by atoms with Crippen molar-refractivity contribution in [3.8, 4) is 0 Å². The monoisotopic (exact) mass is 187 g/mol. The van der Waals surface area contributed by atoms with Gasteiger partial charge in [-0.25, -0.2) is 0 Å². The lowest BCUT2D eigenvalue weighted by Gasteiger charge is -2.13. The zero-order chi connectivity index (χ0) is 10.1. The largest absolute Gasteiger partial charge is 0.379 e. The molecule has 0 heterocycles. The highest BCUT2D eigenvalue weighted by Gasteiger charge is 2.02. The highest BCUT2D eigenvalue weighted by atomic mass is 16.3. The average molecular weight is 187 g/mol. The molecule has 0 aliphatic heterocycles. The third-order valence-corrected chi connectivity index (χ3v) is 2.31. The van der Waals surface area contributed by atoms with E-state index in [0.29, 0.717) is 5.92 Å². The third-order valence-electron chi connectivity index (χ3n) is 2.31. The molecule has 0 amide bonds. The van der Waals surface area contributed by atoms with Crippen LogP contribution in [0.2, 0.25) is 0 Å². The van der Waals surface area contributed by atoms with Crippen molar-refractivity contribution in [2.45, 2.75) is 59.1 Å². The van der Waals surface area contributed by atoms with E-state index in [0.717, 1.165) is 6.54 Å². The fraction of sp³-hybridized carbons (Fsp3) is 1.00. The zero-order valence-corrected chi connectivity index (χ0v) is 9.34.